The highest BCUT2D eigenvalue weighted by atomic mass is 16.4. The summed E-state index contributed by atoms with van der Waals surface area (Å²) in [6.07, 6.45) is 8.92. The largest absolute Gasteiger partial charge is 0.478 e. The van der Waals surface area contributed by atoms with Crippen molar-refractivity contribution in [2.75, 3.05) is 7.05 Å². The summed E-state index contributed by atoms with van der Waals surface area (Å²) in [7, 11) is 1.98. The lowest BCUT2D eigenvalue weighted by atomic mass is 9.47. The minimum absolute atomic E-state index is 0.146. The third-order valence-electron chi connectivity index (χ3n) is 8.37. The number of aliphatic carboxylic acids is 1. The van der Waals surface area contributed by atoms with Crippen LogP contribution in [0.5, 0.6) is 0 Å². The van der Waals surface area contributed by atoms with Crippen molar-refractivity contribution in [1.29, 1.82) is 0 Å². The number of hydrogen-bond acceptors (Lipinski definition) is 2. The number of carbonyl (C=O) groups is 2. The molecule has 1 saturated heterocycles. The Kier molecular flexibility index (Phi) is 3.43. The lowest BCUT2D eigenvalue weighted by Crippen LogP contribution is -2.61. The van der Waals surface area contributed by atoms with Crippen LogP contribution in [0.3, 0.4) is 0 Å². The molecule has 0 spiro atoms. The second-order valence-corrected chi connectivity index (χ2v) is 9.10. The van der Waals surface area contributed by atoms with E-state index in [9.17, 15) is 14.7 Å². The lowest BCUT2D eigenvalue weighted by Gasteiger charge is -2.61. The van der Waals surface area contributed by atoms with Crippen LogP contribution in [-0.2, 0) is 9.59 Å². The van der Waals surface area contributed by atoms with Crippen LogP contribution < -0.4 is 0 Å². The van der Waals surface area contributed by atoms with Crippen molar-refractivity contribution in [2.24, 2.45) is 28.6 Å². The maximum atomic E-state index is 12.2. The monoisotopic (exact) mass is 331 g/mol. The highest BCUT2D eigenvalue weighted by Crippen LogP contribution is 2.64. The number of fused-ring (bicyclic) bond motifs is 5. The van der Waals surface area contributed by atoms with Crippen molar-refractivity contribution in [3.05, 3.63) is 11.6 Å². The van der Waals surface area contributed by atoms with E-state index in [-0.39, 0.29) is 10.8 Å². The number of carbonyl (C=O) groups excluding carboxylic acids is 1. The van der Waals surface area contributed by atoms with Crippen LogP contribution in [0.2, 0.25) is 0 Å². The number of hydrogen-bond donors (Lipinski definition) is 1. The topological polar surface area (TPSA) is 57.6 Å². The van der Waals surface area contributed by atoms with Gasteiger partial charge in [-0.15, -0.1) is 0 Å². The van der Waals surface area contributed by atoms with Crippen molar-refractivity contribution in [3.63, 3.8) is 0 Å². The van der Waals surface area contributed by atoms with Gasteiger partial charge in [-0.25, -0.2) is 4.79 Å². The number of rotatable bonds is 1. The predicted molar refractivity (Wildman–Crippen MR) is 91.3 cm³/mol. The maximum absolute atomic E-state index is 12.2. The first-order valence-corrected chi connectivity index (χ1v) is 9.48. The van der Waals surface area contributed by atoms with Gasteiger partial charge in [-0.2, -0.15) is 0 Å². The Morgan fingerprint density at radius 3 is 2.67 bits per heavy atom. The third-order valence-corrected chi connectivity index (χ3v) is 8.37. The van der Waals surface area contributed by atoms with Crippen LogP contribution in [0.4, 0.5) is 0 Å². The molecular weight excluding hydrogens is 302 g/mol. The van der Waals surface area contributed by atoms with Crippen LogP contribution in [-0.4, -0.2) is 35.0 Å². The number of amides is 1. The third kappa shape index (κ3) is 1.91. The Bertz CT molecular complexity index is 626. The molecule has 4 aliphatic rings. The molecule has 3 fully saturated rings. The van der Waals surface area contributed by atoms with Gasteiger partial charge in [-0.1, -0.05) is 19.9 Å². The van der Waals surface area contributed by atoms with Crippen LogP contribution in [0.15, 0.2) is 11.6 Å². The summed E-state index contributed by atoms with van der Waals surface area (Å²) < 4.78 is 0. The first-order chi connectivity index (χ1) is 11.3. The molecule has 0 aromatic heterocycles. The van der Waals surface area contributed by atoms with E-state index >= 15 is 0 Å². The Morgan fingerprint density at radius 2 is 1.96 bits per heavy atom. The number of carboxylic acids is 1. The second kappa shape index (κ2) is 5.09. The second-order valence-electron chi connectivity index (χ2n) is 9.10. The summed E-state index contributed by atoms with van der Waals surface area (Å²) in [4.78, 5) is 25.9. The van der Waals surface area contributed by atoms with Crippen molar-refractivity contribution in [2.45, 2.75) is 64.8 Å². The number of allylic oxidation sites excluding steroid dienone is 1. The van der Waals surface area contributed by atoms with Gasteiger partial charge in [-0.05, 0) is 61.7 Å². The molecule has 132 valence electrons. The molecular formula is C20H29NO3. The molecule has 1 N–H and O–H groups in total. The van der Waals surface area contributed by atoms with Gasteiger partial charge in [0.2, 0.25) is 5.91 Å². The molecule has 4 heteroatoms. The molecule has 6 atom stereocenters. The summed E-state index contributed by atoms with van der Waals surface area (Å²) in [6, 6.07) is 0.373. The molecule has 0 bridgehead atoms. The molecule has 4 rings (SSSR count). The minimum atomic E-state index is -0.721. The van der Waals surface area contributed by atoms with E-state index in [1.54, 1.807) is 0 Å². The van der Waals surface area contributed by atoms with Crippen molar-refractivity contribution in [1.82, 2.24) is 4.90 Å². The molecule has 3 aliphatic carbocycles. The van der Waals surface area contributed by atoms with Crippen molar-refractivity contribution >= 4 is 11.9 Å². The zero-order valence-corrected chi connectivity index (χ0v) is 15.0. The van der Waals surface area contributed by atoms with Gasteiger partial charge < -0.3 is 10.0 Å². The number of likely N-dealkylation sites (tertiary alicyclic amines) is 1. The van der Waals surface area contributed by atoms with Crippen LogP contribution in [0, 0.1) is 28.6 Å². The van der Waals surface area contributed by atoms with E-state index in [1.165, 1.54) is 0 Å². The number of piperidine rings is 1. The molecule has 1 aliphatic heterocycles. The van der Waals surface area contributed by atoms with Gasteiger partial charge in [0.05, 0.1) is 0 Å². The molecule has 0 radical (unpaired) electrons. The molecule has 24 heavy (non-hydrogen) atoms. The van der Waals surface area contributed by atoms with Crippen LogP contribution >= 0.6 is 0 Å². The van der Waals surface area contributed by atoms with E-state index in [0.29, 0.717) is 41.7 Å². The molecule has 1 heterocycles. The van der Waals surface area contributed by atoms with Gasteiger partial charge in [0.1, 0.15) is 0 Å². The van der Waals surface area contributed by atoms with Crippen molar-refractivity contribution < 1.29 is 14.7 Å². The maximum Gasteiger partial charge on any atom is 0.331 e. The lowest BCUT2D eigenvalue weighted by molar-refractivity contribution is -0.157. The van der Waals surface area contributed by atoms with Crippen LogP contribution in [0.1, 0.15) is 58.8 Å². The summed E-state index contributed by atoms with van der Waals surface area (Å²) in [5, 5.41) is 9.60. The standard InChI is InChI=1S/C20H29NO3/c1-19-10-8-14-12(13(19)5-6-15(19)18(23)24)4-7-16-20(14,2)11-9-17(22)21(16)3/h6,12-14,16H,4-5,7-11H2,1-3H3,(H,23,24)/t12-,13-,14-,16+,19-,20+/m0/s1. The quantitative estimate of drug-likeness (QED) is 0.800. The van der Waals surface area contributed by atoms with E-state index < -0.39 is 5.97 Å². The Labute approximate surface area is 144 Å². The zero-order valence-electron chi connectivity index (χ0n) is 15.0. The normalized spacial score (nSPS) is 47.5. The van der Waals surface area contributed by atoms with E-state index in [0.717, 1.165) is 38.5 Å². The average Bonchev–Trinajstić information content (AvgIpc) is 2.89. The Balaban J connectivity index is 1.65. The summed E-state index contributed by atoms with van der Waals surface area (Å²) >= 11 is 0. The highest BCUT2D eigenvalue weighted by molar-refractivity contribution is 5.89. The highest BCUT2D eigenvalue weighted by Gasteiger charge is 2.60. The van der Waals surface area contributed by atoms with Gasteiger partial charge in [0, 0.05) is 30.5 Å². The Hall–Kier alpha value is -1.32. The number of carboxylic acid groups (broad SMARTS) is 1. The average molecular weight is 331 g/mol. The minimum Gasteiger partial charge on any atom is -0.478 e. The molecule has 4 nitrogen and oxygen atoms in total. The van der Waals surface area contributed by atoms with E-state index in [4.69, 9.17) is 0 Å². The van der Waals surface area contributed by atoms with Gasteiger partial charge >= 0.3 is 5.97 Å². The van der Waals surface area contributed by atoms with E-state index in [2.05, 4.69) is 13.8 Å². The molecule has 1 amide bonds. The van der Waals surface area contributed by atoms with Gasteiger partial charge in [-0.3, -0.25) is 4.79 Å². The van der Waals surface area contributed by atoms with E-state index in [1.807, 2.05) is 18.0 Å². The molecule has 0 aromatic rings. The molecule has 2 saturated carbocycles. The molecule has 0 aromatic carbocycles. The zero-order chi connectivity index (χ0) is 17.3. The van der Waals surface area contributed by atoms with Gasteiger partial charge in [0.25, 0.3) is 0 Å². The van der Waals surface area contributed by atoms with Gasteiger partial charge in [0.15, 0.2) is 0 Å². The summed E-state index contributed by atoms with van der Waals surface area (Å²) in [6.45, 7) is 4.59. The first kappa shape index (κ1) is 16.2. The van der Waals surface area contributed by atoms with Crippen LogP contribution in [0.25, 0.3) is 0 Å². The fourth-order valence-electron chi connectivity index (χ4n) is 7.05. The summed E-state index contributed by atoms with van der Waals surface area (Å²) in [5.74, 6) is 1.29. The first-order valence-electron chi connectivity index (χ1n) is 9.48. The fourth-order valence-corrected chi connectivity index (χ4v) is 7.05. The fraction of sp³-hybridized carbons (Fsp3) is 0.800. The predicted octanol–water partition coefficient (Wildman–Crippen LogP) is 3.47. The SMILES string of the molecule is CN1C(=O)CC[C@]2(C)[C@H]3CC[C@]4(C)C(C(=O)O)=CC[C@H]4[C@@H]3CC[C@@H]12. The Morgan fingerprint density at radius 1 is 1.21 bits per heavy atom. The molecule has 0 unspecified atom stereocenters. The summed E-state index contributed by atoms with van der Waals surface area (Å²) in [5.41, 5.74) is 0.722. The smallest absolute Gasteiger partial charge is 0.331 e. The number of nitrogens with zero attached hydrogens (tertiary/aromatic N) is 1. The van der Waals surface area contributed by atoms with Crippen molar-refractivity contribution in [3.8, 4) is 0 Å².